The summed E-state index contributed by atoms with van der Waals surface area (Å²) in [5.74, 6) is -1.97. The van der Waals surface area contributed by atoms with Gasteiger partial charge in [-0.2, -0.15) is 4.39 Å². The summed E-state index contributed by atoms with van der Waals surface area (Å²) in [4.78, 5) is 32.0. The molecular formula is C13H7ClFN3O5. The van der Waals surface area contributed by atoms with Crippen LogP contribution in [0, 0.1) is 26.0 Å². The van der Waals surface area contributed by atoms with Crippen LogP contribution in [-0.4, -0.2) is 15.8 Å². The number of nitro groups is 2. The largest absolute Gasteiger partial charge is 0.322 e. The quantitative estimate of drug-likeness (QED) is 0.675. The molecule has 0 unspecified atom stereocenters. The number of carbonyl (C=O) groups excluding carboxylic acids is 1. The zero-order valence-electron chi connectivity index (χ0n) is 11.2. The summed E-state index contributed by atoms with van der Waals surface area (Å²) in [6, 6.07) is 6.11. The van der Waals surface area contributed by atoms with Crippen LogP contribution in [0.4, 0.5) is 21.5 Å². The smallest absolute Gasteiger partial charge is 0.306 e. The fraction of sp³-hybridized carbons (Fsp3) is 0. The lowest BCUT2D eigenvalue weighted by Gasteiger charge is -2.06. The van der Waals surface area contributed by atoms with Crippen LogP contribution in [0.2, 0.25) is 5.02 Å². The lowest BCUT2D eigenvalue weighted by atomic mass is 10.1. The van der Waals surface area contributed by atoms with Crippen LogP contribution in [-0.2, 0) is 0 Å². The van der Waals surface area contributed by atoms with Crippen LogP contribution in [0.1, 0.15) is 10.4 Å². The van der Waals surface area contributed by atoms with Crippen molar-refractivity contribution >= 4 is 34.6 Å². The summed E-state index contributed by atoms with van der Waals surface area (Å²) in [6.45, 7) is 0. The van der Waals surface area contributed by atoms with Gasteiger partial charge in [-0.15, -0.1) is 0 Å². The molecule has 0 saturated carbocycles. The van der Waals surface area contributed by atoms with Gasteiger partial charge in [-0.1, -0.05) is 11.6 Å². The highest BCUT2D eigenvalue weighted by molar-refractivity contribution is 6.31. The van der Waals surface area contributed by atoms with Crippen molar-refractivity contribution < 1.29 is 19.0 Å². The van der Waals surface area contributed by atoms with Crippen LogP contribution < -0.4 is 5.32 Å². The average Bonchev–Trinajstić information content (AvgIpc) is 2.48. The van der Waals surface area contributed by atoms with Gasteiger partial charge in [0.05, 0.1) is 9.85 Å². The molecule has 0 heterocycles. The zero-order chi connectivity index (χ0) is 17.1. The van der Waals surface area contributed by atoms with Crippen molar-refractivity contribution in [3.8, 4) is 0 Å². The average molecular weight is 340 g/mol. The molecule has 10 heteroatoms. The Kier molecular flexibility index (Phi) is 4.51. The van der Waals surface area contributed by atoms with Crippen molar-refractivity contribution in [1.82, 2.24) is 0 Å². The molecule has 0 aliphatic heterocycles. The number of halogens is 2. The minimum Gasteiger partial charge on any atom is -0.322 e. The van der Waals surface area contributed by atoms with Crippen molar-refractivity contribution in [3.05, 3.63) is 73.0 Å². The number of amides is 1. The summed E-state index contributed by atoms with van der Waals surface area (Å²) in [7, 11) is 0. The van der Waals surface area contributed by atoms with E-state index >= 15 is 0 Å². The normalized spacial score (nSPS) is 10.2. The van der Waals surface area contributed by atoms with Crippen molar-refractivity contribution in [3.63, 3.8) is 0 Å². The number of benzene rings is 2. The third kappa shape index (κ3) is 3.58. The minimum absolute atomic E-state index is 0.0858. The lowest BCUT2D eigenvalue weighted by Crippen LogP contribution is -2.14. The van der Waals surface area contributed by atoms with Crippen molar-refractivity contribution in [2.75, 3.05) is 5.32 Å². The van der Waals surface area contributed by atoms with E-state index in [0.717, 1.165) is 30.3 Å². The van der Waals surface area contributed by atoms with Gasteiger partial charge in [0.15, 0.2) is 0 Å². The monoisotopic (exact) mass is 339 g/mol. The molecule has 2 rings (SSSR count). The topological polar surface area (TPSA) is 115 Å². The highest BCUT2D eigenvalue weighted by Gasteiger charge is 2.22. The second kappa shape index (κ2) is 6.36. The van der Waals surface area contributed by atoms with E-state index in [0.29, 0.717) is 0 Å². The van der Waals surface area contributed by atoms with Gasteiger partial charge < -0.3 is 5.32 Å². The molecule has 0 aliphatic carbocycles. The molecule has 0 spiro atoms. The van der Waals surface area contributed by atoms with Crippen LogP contribution in [0.15, 0.2) is 36.4 Å². The van der Waals surface area contributed by atoms with Crippen molar-refractivity contribution in [2.24, 2.45) is 0 Å². The van der Waals surface area contributed by atoms with E-state index in [-0.39, 0.29) is 16.3 Å². The van der Waals surface area contributed by atoms with Crippen LogP contribution >= 0.6 is 11.6 Å². The predicted molar refractivity (Wildman–Crippen MR) is 79.1 cm³/mol. The number of hydrogen-bond acceptors (Lipinski definition) is 5. The molecule has 2 aromatic carbocycles. The fourth-order valence-electron chi connectivity index (χ4n) is 1.78. The molecule has 1 N–H and O–H groups in total. The molecule has 0 radical (unpaired) electrons. The number of nitro benzene ring substituents is 2. The summed E-state index contributed by atoms with van der Waals surface area (Å²) in [6.07, 6.45) is 0. The molecule has 2 aromatic rings. The van der Waals surface area contributed by atoms with Crippen LogP contribution in [0.3, 0.4) is 0 Å². The number of carbonyl (C=O) groups is 1. The molecule has 0 fully saturated rings. The van der Waals surface area contributed by atoms with Gasteiger partial charge in [-0.25, -0.2) is 0 Å². The molecule has 0 bridgehead atoms. The van der Waals surface area contributed by atoms with Crippen LogP contribution in [0.25, 0.3) is 0 Å². The highest BCUT2D eigenvalue weighted by atomic mass is 35.5. The van der Waals surface area contributed by atoms with E-state index in [2.05, 4.69) is 5.32 Å². The fourth-order valence-corrected chi connectivity index (χ4v) is 1.95. The summed E-state index contributed by atoms with van der Waals surface area (Å²) >= 11 is 5.71. The zero-order valence-corrected chi connectivity index (χ0v) is 11.9. The summed E-state index contributed by atoms with van der Waals surface area (Å²) < 4.78 is 13.2. The lowest BCUT2D eigenvalue weighted by molar-refractivity contribution is -0.387. The number of nitrogens with zero attached hydrogens (tertiary/aromatic N) is 2. The third-order valence-electron chi connectivity index (χ3n) is 2.80. The van der Waals surface area contributed by atoms with E-state index in [1.165, 1.54) is 6.07 Å². The van der Waals surface area contributed by atoms with Gasteiger partial charge in [-0.05, 0) is 24.3 Å². The number of hydrogen-bond donors (Lipinski definition) is 1. The molecule has 0 aliphatic rings. The highest BCUT2D eigenvalue weighted by Crippen LogP contribution is 2.25. The van der Waals surface area contributed by atoms with E-state index in [9.17, 15) is 29.4 Å². The van der Waals surface area contributed by atoms with Gasteiger partial charge in [-0.3, -0.25) is 25.0 Å². The van der Waals surface area contributed by atoms with Gasteiger partial charge in [0.1, 0.15) is 5.56 Å². The first kappa shape index (κ1) is 16.3. The second-order valence-electron chi connectivity index (χ2n) is 4.30. The van der Waals surface area contributed by atoms with E-state index < -0.39 is 32.9 Å². The Bertz CT molecular complexity index is 827. The number of nitrogens with one attached hydrogen (secondary N) is 1. The third-order valence-corrected chi connectivity index (χ3v) is 3.04. The van der Waals surface area contributed by atoms with Crippen molar-refractivity contribution in [1.29, 1.82) is 0 Å². The summed E-state index contributed by atoms with van der Waals surface area (Å²) in [5.41, 5.74) is -1.72. The Labute approximate surface area is 132 Å². The Morgan fingerprint density at radius 2 is 1.70 bits per heavy atom. The summed E-state index contributed by atoms with van der Waals surface area (Å²) in [5, 5.41) is 23.9. The molecule has 0 aromatic heterocycles. The Hall–Kier alpha value is -3.07. The SMILES string of the molecule is O=C(Nc1ccc(F)c([N+](=O)[O-])c1)c1cc(Cl)ccc1[N+](=O)[O-]. The van der Waals surface area contributed by atoms with Crippen molar-refractivity contribution in [2.45, 2.75) is 0 Å². The molecular weight excluding hydrogens is 333 g/mol. The molecule has 0 saturated heterocycles. The molecule has 0 atom stereocenters. The maximum atomic E-state index is 13.2. The van der Waals surface area contributed by atoms with Gasteiger partial charge in [0.25, 0.3) is 11.6 Å². The van der Waals surface area contributed by atoms with Gasteiger partial charge >= 0.3 is 5.69 Å². The second-order valence-corrected chi connectivity index (χ2v) is 4.73. The first-order valence-electron chi connectivity index (χ1n) is 5.99. The number of anilines is 1. The Balaban J connectivity index is 2.37. The van der Waals surface area contributed by atoms with Gasteiger partial charge in [0, 0.05) is 22.8 Å². The molecule has 1 amide bonds. The maximum absolute atomic E-state index is 13.2. The Morgan fingerprint density at radius 1 is 1.04 bits per heavy atom. The van der Waals surface area contributed by atoms with E-state index in [1.807, 2.05) is 0 Å². The molecule has 118 valence electrons. The minimum atomic E-state index is -1.07. The predicted octanol–water partition coefficient (Wildman–Crippen LogP) is 3.55. The Morgan fingerprint density at radius 3 is 2.30 bits per heavy atom. The maximum Gasteiger partial charge on any atom is 0.306 e. The first-order valence-corrected chi connectivity index (χ1v) is 6.36. The van der Waals surface area contributed by atoms with Gasteiger partial charge in [0.2, 0.25) is 5.82 Å². The standard InChI is InChI=1S/C13H7ClFN3O5/c14-7-1-4-11(17(20)21)9(5-7)13(19)16-8-2-3-10(15)12(6-8)18(22)23/h1-6H,(H,16,19). The van der Waals surface area contributed by atoms with E-state index in [4.69, 9.17) is 11.6 Å². The number of rotatable bonds is 4. The first-order chi connectivity index (χ1) is 10.8. The molecule has 23 heavy (non-hydrogen) atoms. The van der Waals surface area contributed by atoms with E-state index in [1.54, 1.807) is 0 Å². The molecule has 8 nitrogen and oxygen atoms in total. The van der Waals surface area contributed by atoms with Crippen LogP contribution in [0.5, 0.6) is 0 Å².